The number of esters is 1. The van der Waals surface area contributed by atoms with Crippen molar-refractivity contribution in [3.05, 3.63) is 88.9 Å². The summed E-state index contributed by atoms with van der Waals surface area (Å²) in [6.45, 7) is 0. The van der Waals surface area contributed by atoms with Gasteiger partial charge in [-0.1, -0.05) is 18.2 Å². The smallest absolute Gasteiger partial charge is 0.416 e. The van der Waals surface area contributed by atoms with Gasteiger partial charge in [0.2, 0.25) is 0 Å². The molecule has 0 bridgehead atoms. The van der Waals surface area contributed by atoms with Crippen LogP contribution in [0, 0.1) is 5.82 Å². The number of halogens is 4. The van der Waals surface area contributed by atoms with E-state index in [9.17, 15) is 22.4 Å². The monoisotopic (exact) mass is 389 g/mol. The number of alkyl halides is 3. The third kappa shape index (κ3) is 4.36. The van der Waals surface area contributed by atoms with Crippen molar-refractivity contribution in [3.63, 3.8) is 0 Å². The van der Waals surface area contributed by atoms with E-state index in [0.717, 1.165) is 12.1 Å². The van der Waals surface area contributed by atoms with E-state index in [4.69, 9.17) is 4.74 Å². The average Bonchev–Trinajstić information content (AvgIpc) is 2.67. The highest BCUT2D eigenvalue weighted by molar-refractivity contribution is 5.91. The van der Waals surface area contributed by atoms with Gasteiger partial charge in [-0.3, -0.25) is 4.98 Å². The molecule has 0 unspecified atom stereocenters. The Labute approximate surface area is 158 Å². The summed E-state index contributed by atoms with van der Waals surface area (Å²) in [5, 5.41) is 0. The van der Waals surface area contributed by atoms with Crippen LogP contribution in [0.15, 0.2) is 60.8 Å². The summed E-state index contributed by atoms with van der Waals surface area (Å²) in [6.07, 6.45) is -2.82. The standard InChI is InChI=1S/C21H15F4NO2/c1-28-20(27)15-5-4-14(18(11-15)19-12-17(22)8-9-26-19)10-13-2-6-16(7-3-13)21(23,24)25/h2-9,11-12H,10H2,1H3. The van der Waals surface area contributed by atoms with Crippen molar-refractivity contribution >= 4 is 5.97 Å². The molecule has 7 heteroatoms. The van der Waals surface area contributed by atoms with E-state index in [2.05, 4.69) is 4.98 Å². The normalized spacial score (nSPS) is 11.3. The fraction of sp³-hybridized carbons (Fsp3) is 0.143. The van der Waals surface area contributed by atoms with Gasteiger partial charge in [-0.25, -0.2) is 9.18 Å². The van der Waals surface area contributed by atoms with Gasteiger partial charge >= 0.3 is 12.1 Å². The van der Waals surface area contributed by atoms with Gasteiger partial charge in [0.25, 0.3) is 0 Å². The molecular weight excluding hydrogens is 374 g/mol. The van der Waals surface area contributed by atoms with Crippen LogP contribution in [0.2, 0.25) is 0 Å². The molecule has 144 valence electrons. The molecule has 1 heterocycles. The number of aromatic nitrogens is 1. The molecule has 1 aromatic heterocycles. The second kappa shape index (κ2) is 7.80. The number of rotatable bonds is 4. The molecule has 0 amide bonds. The molecule has 0 radical (unpaired) electrons. The first-order chi connectivity index (χ1) is 13.3. The van der Waals surface area contributed by atoms with Crippen molar-refractivity contribution < 1.29 is 27.1 Å². The number of methoxy groups -OCH3 is 1. The third-order valence-electron chi connectivity index (χ3n) is 4.20. The van der Waals surface area contributed by atoms with Crippen molar-refractivity contribution in [1.29, 1.82) is 0 Å². The van der Waals surface area contributed by atoms with Gasteiger partial charge in [-0.15, -0.1) is 0 Å². The molecular formula is C21H15F4NO2. The first-order valence-electron chi connectivity index (χ1n) is 8.27. The van der Waals surface area contributed by atoms with Gasteiger partial charge < -0.3 is 4.74 Å². The number of benzene rings is 2. The minimum absolute atomic E-state index is 0.264. The molecule has 0 aliphatic rings. The minimum Gasteiger partial charge on any atom is -0.465 e. The quantitative estimate of drug-likeness (QED) is 0.450. The Morgan fingerprint density at radius 2 is 1.75 bits per heavy atom. The molecule has 0 spiro atoms. The van der Waals surface area contributed by atoms with Crippen LogP contribution in [-0.4, -0.2) is 18.1 Å². The summed E-state index contributed by atoms with van der Waals surface area (Å²) in [5.41, 5.74) is 1.67. The number of nitrogens with zero attached hydrogens (tertiary/aromatic N) is 1. The number of pyridine rings is 1. The Hall–Kier alpha value is -3.22. The highest BCUT2D eigenvalue weighted by atomic mass is 19.4. The van der Waals surface area contributed by atoms with Crippen LogP contribution in [-0.2, 0) is 17.3 Å². The van der Waals surface area contributed by atoms with E-state index in [1.54, 1.807) is 12.1 Å². The van der Waals surface area contributed by atoms with Crippen molar-refractivity contribution in [1.82, 2.24) is 4.98 Å². The molecule has 28 heavy (non-hydrogen) atoms. The molecule has 0 N–H and O–H groups in total. The fourth-order valence-electron chi connectivity index (χ4n) is 2.80. The Bertz CT molecular complexity index is 998. The average molecular weight is 389 g/mol. The van der Waals surface area contributed by atoms with Gasteiger partial charge in [0, 0.05) is 17.8 Å². The van der Waals surface area contributed by atoms with Crippen LogP contribution >= 0.6 is 0 Å². The predicted molar refractivity (Wildman–Crippen MR) is 95.2 cm³/mol. The Balaban J connectivity index is 2.01. The van der Waals surface area contributed by atoms with Crippen LogP contribution < -0.4 is 0 Å². The van der Waals surface area contributed by atoms with Crippen LogP contribution in [0.25, 0.3) is 11.3 Å². The molecule has 0 atom stereocenters. The molecule has 0 aliphatic heterocycles. The maximum Gasteiger partial charge on any atom is 0.416 e. The van der Waals surface area contributed by atoms with Gasteiger partial charge in [0.1, 0.15) is 5.82 Å². The lowest BCUT2D eigenvalue weighted by atomic mass is 9.95. The Morgan fingerprint density at radius 3 is 2.36 bits per heavy atom. The summed E-state index contributed by atoms with van der Waals surface area (Å²) in [6, 6.07) is 12.0. The van der Waals surface area contributed by atoms with E-state index in [0.29, 0.717) is 22.4 Å². The van der Waals surface area contributed by atoms with Gasteiger partial charge in [-0.2, -0.15) is 13.2 Å². The van der Waals surface area contributed by atoms with Gasteiger partial charge in [0.05, 0.1) is 23.9 Å². The van der Waals surface area contributed by atoms with Crippen LogP contribution in [0.5, 0.6) is 0 Å². The summed E-state index contributed by atoms with van der Waals surface area (Å²) in [5.74, 6) is -1.05. The number of hydrogen-bond acceptors (Lipinski definition) is 3. The topological polar surface area (TPSA) is 39.2 Å². The van der Waals surface area contributed by atoms with Crippen LogP contribution in [0.3, 0.4) is 0 Å². The van der Waals surface area contributed by atoms with Crippen LogP contribution in [0.4, 0.5) is 17.6 Å². The molecule has 3 aromatic rings. The van der Waals surface area contributed by atoms with Crippen molar-refractivity contribution in [2.45, 2.75) is 12.6 Å². The Morgan fingerprint density at radius 1 is 1.04 bits per heavy atom. The second-order valence-corrected chi connectivity index (χ2v) is 6.09. The number of carbonyl (C=O) groups is 1. The van der Waals surface area contributed by atoms with E-state index in [1.165, 1.54) is 43.6 Å². The predicted octanol–water partition coefficient (Wildman–Crippen LogP) is 5.28. The summed E-state index contributed by atoms with van der Waals surface area (Å²) < 4.78 is 56.6. The molecule has 3 rings (SSSR count). The lowest BCUT2D eigenvalue weighted by Gasteiger charge is -2.12. The minimum atomic E-state index is -4.41. The van der Waals surface area contributed by atoms with Gasteiger partial charge in [-0.05, 0) is 47.9 Å². The van der Waals surface area contributed by atoms with Crippen molar-refractivity contribution in [2.75, 3.05) is 7.11 Å². The van der Waals surface area contributed by atoms with E-state index < -0.39 is 23.5 Å². The number of ether oxygens (including phenoxy) is 1. The first kappa shape index (κ1) is 19.5. The molecule has 2 aromatic carbocycles. The maximum atomic E-state index is 13.7. The maximum absolute atomic E-state index is 13.7. The molecule has 0 fully saturated rings. The first-order valence-corrected chi connectivity index (χ1v) is 8.27. The molecule has 0 saturated carbocycles. The van der Waals surface area contributed by atoms with E-state index >= 15 is 0 Å². The summed E-state index contributed by atoms with van der Waals surface area (Å²) in [4.78, 5) is 16.0. The third-order valence-corrected chi connectivity index (χ3v) is 4.20. The molecule has 0 aliphatic carbocycles. The highest BCUT2D eigenvalue weighted by Gasteiger charge is 2.29. The zero-order valence-corrected chi connectivity index (χ0v) is 14.8. The van der Waals surface area contributed by atoms with Crippen LogP contribution in [0.1, 0.15) is 27.0 Å². The lowest BCUT2D eigenvalue weighted by molar-refractivity contribution is -0.137. The van der Waals surface area contributed by atoms with Gasteiger partial charge in [0.15, 0.2) is 0 Å². The highest BCUT2D eigenvalue weighted by Crippen LogP contribution is 2.30. The van der Waals surface area contributed by atoms with E-state index in [-0.39, 0.29) is 12.0 Å². The lowest BCUT2D eigenvalue weighted by Crippen LogP contribution is -2.05. The van der Waals surface area contributed by atoms with Crippen molar-refractivity contribution in [2.24, 2.45) is 0 Å². The Kier molecular flexibility index (Phi) is 5.44. The number of hydrogen-bond donors (Lipinski definition) is 0. The van der Waals surface area contributed by atoms with Crippen molar-refractivity contribution in [3.8, 4) is 11.3 Å². The molecule has 3 nitrogen and oxygen atoms in total. The fourth-order valence-corrected chi connectivity index (χ4v) is 2.80. The molecule has 0 saturated heterocycles. The van der Waals surface area contributed by atoms with E-state index in [1.807, 2.05) is 0 Å². The summed E-state index contributed by atoms with van der Waals surface area (Å²) in [7, 11) is 1.25. The summed E-state index contributed by atoms with van der Waals surface area (Å²) >= 11 is 0. The SMILES string of the molecule is COC(=O)c1ccc(Cc2ccc(C(F)(F)F)cc2)c(-c2cc(F)ccn2)c1. The second-order valence-electron chi connectivity index (χ2n) is 6.09. The zero-order valence-electron chi connectivity index (χ0n) is 14.8. The largest absolute Gasteiger partial charge is 0.465 e. The number of carbonyl (C=O) groups excluding carboxylic acids is 1. The zero-order chi connectivity index (χ0) is 20.3.